The van der Waals surface area contributed by atoms with E-state index in [9.17, 15) is 9.90 Å². The molecular formula is C14H13BrClNO2S. The lowest BCUT2D eigenvalue weighted by Gasteiger charge is -2.09. The molecule has 0 saturated heterocycles. The normalized spacial score (nSPS) is 11.1. The van der Waals surface area contributed by atoms with E-state index in [0.717, 1.165) is 20.5 Å². The fourth-order valence-corrected chi connectivity index (χ4v) is 3.68. The Labute approximate surface area is 134 Å². The van der Waals surface area contributed by atoms with Gasteiger partial charge in [0.1, 0.15) is 4.88 Å². The lowest BCUT2D eigenvalue weighted by Crippen LogP contribution is -2.00. The fraction of sp³-hybridized carbons (Fsp3) is 0.214. The van der Waals surface area contributed by atoms with Gasteiger partial charge in [0.25, 0.3) is 0 Å². The standard InChI is InChI=1S/C14H13BrClNO2S/c1-6(2)10-11(17)13(14(18)19)20-12(10)7-3-4-8(15)9(16)5-7/h3-6H,17H2,1-2H3,(H,18,19). The summed E-state index contributed by atoms with van der Waals surface area (Å²) >= 11 is 10.7. The number of rotatable bonds is 3. The highest BCUT2D eigenvalue weighted by atomic mass is 79.9. The number of halogens is 2. The average molecular weight is 375 g/mol. The van der Waals surface area contributed by atoms with Gasteiger partial charge >= 0.3 is 5.97 Å². The van der Waals surface area contributed by atoms with E-state index in [2.05, 4.69) is 15.9 Å². The van der Waals surface area contributed by atoms with E-state index in [1.54, 1.807) is 0 Å². The van der Waals surface area contributed by atoms with Crippen LogP contribution < -0.4 is 5.73 Å². The Bertz CT molecular complexity index is 682. The second-order valence-electron chi connectivity index (χ2n) is 4.68. The lowest BCUT2D eigenvalue weighted by atomic mass is 9.98. The van der Waals surface area contributed by atoms with Gasteiger partial charge in [0, 0.05) is 9.35 Å². The van der Waals surface area contributed by atoms with Crippen molar-refractivity contribution in [2.75, 3.05) is 5.73 Å². The van der Waals surface area contributed by atoms with Crippen LogP contribution in [0.1, 0.15) is 35.0 Å². The summed E-state index contributed by atoms with van der Waals surface area (Å²) in [6.07, 6.45) is 0. The molecule has 20 heavy (non-hydrogen) atoms. The van der Waals surface area contributed by atoms with Crippen LogP contribution >= 0.6 is 38.9 Å². The third kappa shape index (κ3) is 2.71. The molecule has 2 rings (SSSR count). The highest BCUT2D eigenvalue weighted by Crippen LogP contribution is 2.43. The van der Waals surface area contributed by atoms with Crippen molar-refractivity contribution in [2.45, 2.75) is 19.8 Å². The van der Waals surface area contributed by atoms with E-state index in [1.165, 1.54) is 11.3 Å². The topological polar surface area (TPSA) is 63.3 Å². The number of benzene rings is 1. The molecule has 1 aromatic heterocycles. The number of carboxylic acids is 1. The first kappa shape index (κ1) is 15.4. The molecule has 0 spiro atoms. The first-order valence-electron chi connectivity index (χ1n) is 5.93. The van der Waals surface area contributed by atoms with Crippen LogP contribution in [0.25, 0.3) is 10.4 Å². The van der Waals surface area contributed by atoms with E-state index < -0.39 is 5.97 Å². The van der Waals surface area contributed by atoms with E-state index in [-0.39, 0.29) is 10.8 Å². The Kier molecular flexibility index (Phi) is 4.42. The summed E-state index contributed by atoms with van der Waals surface area (Å²) < 4.78 is 0.803. The van der Waals surface area contributed by atoms with Gasteiger partial charge in [0.2, 0.25) is 0 Å². The van der Waals surface area contributed by atoms with Gasteiger partial charge in [-0.3, -0.25) is 0 Å². The number of nitrogens with two attached hydrogens (primary N) is 1. The van der Waals surface area contributed by atoms with Crippen LogP contribution in [0.4, 0.5) is 5.69 Å². The van der Waals surface area contributed by atoms with Gasteiger partial charge in [-0.25, -0.2) is 4.79 Å². The molecule has 0 radical (unpaired) electrons. The van der Waals surface area contributed by atoms with Crippen molar-refractivity contribution < 1.29 is 9.90 Å². The van der Waals surface area contributed by atoms with Crippen LogP contribution in [0.5, 0.6) is 0 Å². The zero-order valence-corrected chi connectivity index (χ0v) is 14.1. The molecule has 3 N–H and O–H groups in total. The Morgan fingerprint density at radius 2 is 2.10 bits per heavy atom. The van der Waals surface area contributed by atoms with Gasteiger partial charge in [0.05, 0.1) is 10.7 Å². The van der Waals surface area contributed by atoms with Gasteiger partial charge in [-0.05, 0) is 45.1 Å². The molecule has 0 fully saturated rings. The van der Waals surface area contributed by atoms with Gasteiger partial charge < -0.3 is 10.8 Å². The van der Waals surface area contributed by atoms with Crippen LogP contribution in [0.3, 0.4) is 0 Å². The minimum atomic E-state index is -0.996. The predicted molar refractivity (Wildman–Crippen MR) is 87.9 cm³/mol. The Hall–Kier alpha value is -1.04. The van der Waals surface area contributed by atoms with Crippen LogP contribution in [-0.2, 0) is 0 Å². The predicted octanol–water partition coefficient (Wildman–Crippen LogP) is 5.23. The number of aromatic carboxylic acids is 1. The van der Waals surface area contributed by atoms with Crippen molar-refractivity contribution in [2.24, 2.45) is 0 Å². The number of carbonyl (C=O) groups is 1. The maximum Gasteiger partial charge on any atom is 0.348 e. The van der Waals surface area contributed by atoms with Crippen molar-refractivity contribution in [1.82, 2.24) is 0 Å². The average Bonchev–Trinajstić information content (AvgIpc) is 2.70. The molecule has 0 unspecified atom stereocenters. The quantitative estimate of drug-likeness (QED) is 0.772. The van der Waals surface area contributed by atoms with Gasteiger partial charge in [0.15, 0.2) is 0 Å². The Morgan fingerprint density at radius 3 is 2.60 bits per heavy atom. The molecular weight excluding hydrogens is 362 g/mol. The van der Waals surface area contributed by atoms with Crippen molar-refractivity contribution >= 4 is 50.5 Å². The van der Waals surface area contributed by atoms with Crippen LogP contribution in [0, 0.1) is 0 Å². The molecule has 0 atom stereocenters. The van der Waals surface area contributed by atoms with Crippen LogP contribution in [0.15, 0.2) is 22.7 Å². The Balaban J connectivity index is 2.69. The maximum atomic E-state index is 11.3. The zero-order chi connectivity index (χ0) is 15.0. The smallest absolute Gasteiger partial charge is 0.348 e. The molecule has 0 aliphatic heterocycles. The van der Waals surface area contributed by atoms with Gasteiger partial charge in [-0.2, -0.15) is 0 Å². The van der Waals surface area contributed by atoms with Crippen LogP contribution in [0.2, 0.25) is 5.02 Å². The summed E-state index contributed by atoms with van der Waals surface area (Å²) in [5, 5.41) is 9.81. The molecule has 0 amide bonds. The molecule has 0 bridgehead atoms. The van der Waals surface area contributed by atoms with Crippen molar-refractivity contribution in [3.63, 3.8) is 0 Å². The van der Waals surface area contributed by atoms with E-state index in [0.29, 0.717) is 10.7 Å². The van der Waals surface area contributed by atoms with Crippen molar-refractivity contribution in [3.05, 3.63) is 38.1 Å². The zero-order valence-electron chi connectivity index (χ0n) is 10.9. The summed E-state index contributed by atoms with van der Waals surface area (Å²) in [4.78, 5) is 12.3. The number of hydrogen-bond acceptors (Lipinski definition) is 3. The number of nitrogen functional groups attached to an aromatic ring is 1. The SMILES string of the molecule is CC(C)c1c(-c2ccc(Br)c(Cl)c2)sc(C(=O)O)c1N. The van der Waals surface area contributed by atoms with Gasteiger partial charge in [-0.1, -0.05) is 31.5 Å². The molecule has 0 saturated carbocycles. The summed E-state index contributed by atoms with van der Waals surface area (Å²) in [5.74, 6) is -0.861. The summed E-state index contributed by atoms with van der Waals surface area (Å²) in [5.41, 5.74) is 8.10. The number of anilines is 1. The number of carboxylic acid groups (broad SMARTS) is 1. The van der Waals surface area contributed by atoms with Crippen molar-refractivity contribution in [1.29, 1.82) is 0 Å². The molecule has 2 aromatic rings. The number of thiophene rings is 1. The first-order chi connectivity index (χ1) is 9.32. The Morgan fingerprint density at radius 1 is 1.45 bits per heavy atom. The van der Waals surface area contributed by atoms with Gasteiger partial charge in [-0.15, -0.1) is 11.3 Å². The molecule has 0 aliphatic rings. The molecule has 6 heteroatoms. The highest BCUT2D eigenvalue weighted by molar-refractivity contribution is 9.10. The minimum absolute atomic E-state index is 0.136. The summed E-state index contributed by atoms with van der Waals surface area (Å²) in [6.45, 7) is 3.99. The second-order valence-corrected chi connectivity index (χ2v) is 6.96. The molecule has 1 aromatic carbocycles. The van der Waals surface area contributed by atoms with Crippen molar-refractivity contribution in [3.8, 4) is 10.4 Å². The monoisotopic (exact) mass is 373 g/mol. The third-order valence-corrected chi connectivity index (χ3v) is 5.43. The summed E-state index contributed by atoms with van der Waals surface area (Å²) in [7, 11) is 0. The lowest BCUT2D eigenvalue weighted by molar-refractivity contribution is 0.0703. The largest absolute Gasteiger partial charge is 0.477 e. The first-order valence-corrected chi connectivity index (χ1v) is 7.92. The molecule has 3 nitrogen and oxygen atoms in total. The highest BCUT2D eigenvalue weighted by Gasteiger charge is 2.23. The van der Waals surface area contributed by atoms with E-state index in [4.69, 9.17) is 17.3 Å². The molecule has 106 valence electrons. The maximum absolute atomic E-state index is 11.3. The van der Waals surface area contributed by atoms with Crippen LogP contribution in [-0.4, -0.2) is 11.1 Å². The minimum Gasteiger partial charge on any atom is -0.477 e. The second kappa shape index (κ2) is 5.76. The fourth-order valence-electron chi connectivity index (χ4n) is 2.04. The number of hydrogen-bond donors (Lipinski definition) is 2. The summed E-state index contributed by atoms with van der Waals surface area (Å²) in [6, 6.07) is 5.56. The van der Waals surface area contributed by atoms with E-state index in [1.807, 2.05) is 32.0 Å². The van der Waals surface area contributed by atoms with E-state index >= 15 is 0 Å². The molecule has 1 heterocycles. The molecule has 0 aliphatic carbocycles. The third-order valence-electron chi connectivity index (χ3n) is 2.94.